The first-order valence-corrected chi connectivity index (χ1v) is 7.30. The maximum Gasteiger partial charge on any atom is 0.0509 e. The minimum Gasteiger partial charge on any atom is -0.381 e. The number of hydrogen-bond acceptors (Lipinski definition) is 2. The second-order valence-corrected chi connectivity index (χ2v) is 7.19. The van der Waals surface area contributed by atoms with Crippen molar-refractivity contribution in [3.05, 3.63) is 0 Å². The molecule has 1 heterocycles. The normalized spacial score (nSPS) is 39.2. The molecule has 2 nitrogen and oxygen atoms in total. The van der Waals surface area contributed by atoms with Gasteiger partial charge in [0.2, 0.25) is 0 Å². The van der Waals surface area contributed by atoms with Crippen molar-refractivity contribution in [2.45, 2.75) is 65.5 Å². The third-order valence-electron chi connectivity index (χ3n) is 4.56. The molecular formula is C15H29NO. The molecular weight excluding hydrogens is 210 g/mol. The van der Waals surface area contributed by atoms with Crippen molar-refractivity contribution in [3.8, 4) is 0 Å². The van der Waals surface area contributed by atoms with Crippen LogP contribution in [0.1, 0.15) is 53.4 Å². The van der Waals surface area contributed by atoms with Crippen molar-refractivity contribution in [2.24, 2.45) is 17.3 Å². The fourth-order valence-corrected chi connectivity index (χ4v) is 3.93. The van der Waals surface area contributed by atoms with Crippen LogP contribution in [0.25, 0.3) is 0 Å². The average Bonchev–Trinajstić information content (AvgIpc) is 2.65. The highest BCUT2D eigenvalue weighted by atomic mass is 16.5. The van der Waals surface area contributed by atoms with Gasteiger partial charge in [-0.15, -0.1) is 0 Å². The Morgan fingerprint density at radius 2 is 2.06 bits per heavy atom. The minimum atomic E-state index is 0.515. The Hall–Kier alpha value is -0.0800. The van der Waals surface area contributed by atoms with E-state index in [-0.39, 0.29) is 0 Å². The zero-order chi connectivity index (χ0) is 12.5. The van der Waals surface area contributed by atoms with Gasteiger partial charge in [0.05, 0.1) is 6.61 Å². The molecule has 1 N–H and O–H groups in total. The van der Waals surface area contributed by atoms with Gasteiger partial charge in [0.25, 0.3) is 0 Å². The van der Waals surface area contributed by atoms with Crippen molar-refractivity contribution in [3.63, 3.8) is 0 Å². The van der Waals surface area contributed by atoms with Gasteiger partial charge in [-0.1, -0.05) is 20.8 Å². The fourth-order valence-electron chi connectivity index (χ4n) is 3.93. The van der Waals surface area contributed by atoms with Crippen LogP contribution in [-0.4, -0.2) is 25.3 Å². The number of nitrogens with one attached hydrogen (secondary N) is 1. The summed E-state index contributed by atoms with van der Waals surface area (Å²) in [6.07, 6.45) is 5.29. The lowest BCUT2D eigenvalue weighted by Gasteiger charge is -2.41. The Balaban J connectivity index is 1.85. The van der Waals surface area contributed by atoms with E-state index in [1.54, 1.807) is 0 Å². The van der Waals surface area contributed by atoms with Gasteiger partial charge in [-0.2, -0.15) is 0 Å². The molecule has 0 bridgehead atoms. The van der Waals surface area contributed by atoms with E-state index in [0.29, 0.717) is 17.5 Å². The molecule has 100 valence electrons. The van der Waals surface area contributed by atoms with Gasteiger partial charge in [0.1, 0.15) is 0 Å². The summed E-state index contributed by atoms with van der Waals surface area (Å²) in [6, 6.07) is 1.33. The van der Waals surface area contributed by atoms with Crippen molar-refractivity contribution < 1.29 is 4.74 Å². The maximum absolute atomic E-state index is 5.49. The molecule has 2 heteroatoms. The van der Waals surface area contributed by atoms with Crippen LogP contribution >= 0.6 is 0 Å². The third-order valence-corrected chi connectivity index (χ3v) is 4.56. The molecule has 0 aromatic heterocycles. The van der Waals surface area contributed by atoms with E-state index >= 15 is 0 Å². The van der Waals surface area contributed by atoms with Crippen LogP contribution in [0.15, 0.2) is 0 Å². The second-order valence-electron chi connectivity index (χ2n) is 7.19. The summed E-state index contributed by atoms with van der Waals surface area (Å²) >= 11 is 0. The summed E-state index contributed by atoms with van der Waals surface area (Å²) in [5.74, 6) is 1.60. The van der Waals surface area contributed by atoms with Crippen molar-refractivity contribution >= 4 is 0 Å². The van der Waals surface area contributed by atoms with Gasteiger partial charge in [-0.3, -0.25) is 0 Å². The molecule has 0 aromatic carbocycles. The van der Waals surface area contributed by atoms with E-state index in [4.69, 9.17) is 4.74 Å². The van der Waals surface area contributed by atoms with Gasteiger partial charge < -0.3 is 10.1 Å². The Morgan fingerprint density at radius 1 is 1.29 bits per heavy atom. The Morgan fingerprint density at radius 3 is 2.65 bits per heavy atom. The standard InChI is InChI=1S/C15H29NO/c1-11-7-14(9-15(3,4)8-11)16-12(2)13-5-6-17-10-13/h11-14,16H,5-10H2,1-4H3. The second kappa shape index (κ2) is 5.27. The summed E-state index contributed by atoms with van der Waals surface area (Å²) in [7, 11) is 0. The first-order chi connectivity index (χ1) is 7.96. The Labute approximate surface area is 107 Å². The maximum atomic E-state index is 5.49. The number of hydrogen-bond donors (Lipinski definition) is 1. The van der Waals surface area contributed by atoms with Crippen LogP contribution in [0, 0.1) is 17.3 Å². The van der Waals surface area contributed by atoms with Crippen LogP contribution in [-0.2, 0) is 4.74 Å². The molecule has 1 aliphatic carbocycles. The third kappa shape index (κ3) is 3.69. The summed E-state index contributed by atoms with van der Waals surface area (Å²) in [4.78, 5) is 0. The van der Waals surface area contributed by atoms with Gasteiger partial charge in [-0.05, 0) is 49.9 Å². The van der Waals surface area contributed by atoms with E-state index in [0.717, 1.165) is 25.0 Å². The van der Waals surface area contributed by atoms with Crippen LogP contribution < -0.4 is 5.32 Å². The SMILES string of the molecule is CC1CC(NC(C)C2CCOC2)CC(C)(C)C1. The summed E-state index contributed by atoms with van der Waals surface area (Å²) < 4.78 is 5.49. The minimum absolute atomic E-state index is 0.515. The van der Waals surface area contributed by atoms with Crippen LogP contribution in [0.3, 0.4) is 0 Å². The average molecular weight is 239 g/mol. The van der Waals surface area contributed by atoms with Crippen molar-refractivity contribution in [1.29, 1.82) is 0 Å². The highest BCUT2D eigenvalue weighted by Gasteiger charge is 2.33. The van der Waals surface area contributed by atoms with Crippen LogP contribution in [0.5, 0.6) is 0 Å². The topological polar surface area (TPSA) is 21.3 Å². The molecule has 0 spiro atoms. The Kier molecular flexibility index (Phi) is 4.14. The number of rotatable bonds is 3. The smallest absolute Gasteiger partial charge is 0.0509 e. The summed E-state index contributed by atoms with van der Waals surface area (Å²) in [5.41, 5.74) is 0.515. The first kappa shape index (κ1) is 13.4. The zero-order valence-electron chi connectivity index (χ0n) is 12.0. The Bertz CT molecular complexity index is 245. The lowest BCUT2D eigenvalue weighted by atomic mass is 9.70. The molecule has 1 saturated carbocycles. The van der Waals surface area contributed by atoms with Crippen molar-refractivity contribution in [2.75, 3.05) is 13.2 Å². The molecule has 4 unspecified atom stereocenters. The summed E-state index contributed by atoms with van der Waals surface area (Å²) in [6.45, 7) is 11.5. The predicted molar refractivity (Wildman–Crippen MR) is 72.1 cm³/mol. The monoisotopic (exact) mass is 239 g/mol. The van der Waals surface area contributed by atoms with Crippen LogP contribution in [0.2, 0.25) is 0 Å². The van der Waals surface area contributed by atoms with Crippen LogP contribution in [0.4, 0.5) is 0 Å². The predicted octanol–water partition coefficient (Wildman–Crippen LogP) is 3.22. The number of ether oxygens (including phenoxy) is 1. The zero-order valence-corrected chi connectivity index (χ0v) is 12.0. The molecule has 1 aliphatic heterocycles. The molecule has 2 fully saturated rings. The van der Waals surface area contributed by atoms with Gasteiger partial charge in [0, 0.05) is 18.7 Å². The molecule has 17 heavy (non-hydrogen) atoms. The highest BCUT2D eigenvalue weighted by Crippen LogP contribution is 2.38. The van der Waals surface area contributed by atoms with Crippen molar-refractivity contribution in [1.82, 2.24) is 5.32 Å². The molecule has 4 atom stereocenters. The quantitative estimate of drug-likeness (QED) is 0.816. The van der Waals surface area contributed by atoms with Gasteiger partial charge >= 0.3 is 0 Å². The lowest BCUT2D eigenvalue weighted by Crippen LogP contribution is -2.46. The van der Waals surface area contributed by atoms with E-state index in [2.05, 4.69) is 33.0 Å². The summed E-state index contributed by atoms with van der Waals surface area (Å²) in [5, 5.41) is 3.87. The molecule has 2 aliphatic rings. The van der Waals surface area contributed by atoms with E-state index in [1.165, 1.54) is 25.7 Å². The molecule has 0 aromatic rings. The molecule has 0 radical (unpaired) electrons. The van der Waals surface area contributed by atoms with E-state index in [1.807, 2.05) is 0 Å². The first-order valence-electron chi connectivity index (χ1n) is 7.30. The van der Waals surface area contributed by atoms with E-state index in [9.17, 15) is 0 Å². The van der Waals surface area contributed by atoms with E-state index < -0.39 is 0 Å². The largest absolute Gasteiger partial charge is 0.381 e. The van der Waals surface area contributed by atoms with Gasteiger partial charge in [-0.25, -0.2) is 0 Å². The molecule has 0 amide bonds. The highest BCUT2D eigenvalue weighted by molar-refractivity contribution is 4.89. The lowest BCUT2D eigenvalue weighted by molar-refractivity contribution is 0.133. The van der Waals surface area contributed by atoms with Gasteiger partial charge in [0.15, 0.2) is 0 Å². The molecule has 1 saturated heterocycles. The fraction of sp³-hybridized carbons (Fsp3) is 1.00. The molecule has 2 rings (SSSR count).